The second-order valence-corrected chi connectivity index (χ2v) is 6.13. The maximum atomic E-state index is 6.42. The van der Waals surface area contributed by atoms with E-state index in [0.29, 0.717) is 0 Å². The first-order chi connectivity index (χ1) is 9.76. The van der Waals surface area contributed by atoms with Crippen LogP contribution in [0.2, 0.25) is 5.02 Å². The number of likely N-dealkylation sites (N-methyl/N-ethyl adjacent to an activating group) is 1. The van der Waals surface area contributed by atoms with Crippen LogP contribution < -0.4 is 10.2 Å². The van der Waals surface area contributed by atoms with E-state index in [4.69, 9.17) is 11.6 Å². The van der Waals surface area contributed by atoms with Gasteiger partial charge in [-0.05, 0) is 31.0 Å². The summed E-state index contributed by atoms with van der Waals surface area (Å²) in [5.74, 6) is 0.942. The first kappa shape index (κ1) is 14.1. The Morgan fingerprint density at radius 3 is 2.65 bits per heavy atom. The second kappa shape index (κ2) is 6.29. The Labute approximate surface area is 126 Å². The van der Waals surface area contributed by atoms with Crippen LogP contribution in [0.3, 0.4) is 0 Å². The van der Waals surface area contributed by atoms with Crippen LogP contribution >= 0.6 is 11.6 Å². The van der Waals surface area contributed by atoms with Crippen LogP contribution in [0.4, 0.5) is 5.82 Å². The highest BCUT2D eigenvalue weighted by atomic mass is 35.5. The molecule has 110 valence electrons. The SMILES string of the molecule is CCN1CCN(c2ncc(CNC3CC3)cc2Cl)CC1. The van der Waals surface area contributed by atoms with E-state index >= 15 is 0 Å². The second-order valence-electron chi connectivity index (χ2n) is 5.73. The highest BCUT2D eigenvalue weighted by Crippen LogP contribution is 2.26. The molecular weight excluding hydrogens is 272 g/mol. The summed E-state index contributed by atoms with van der Waals surface area (Å²) in [5.41, 5.74) is 1.18. The van der Waals surface area contributed by atoms with E-state index in [-0.39, 0.29) is 0 Å². The van der Waals surface area contributed by atoms with Crippen molar-refractivity contribution < 1.29 is 0 Å². The summed E-state index contributed by atoms with van der Waals surface area (Å²) in [4.78, 5) is 9.34. The molecule has 0 aromatic carbocycles. The third-order valence-electron chi connectivity index (χ3n) is 4.17. The summed E-state index contributed by atoms with van der Waals surface area (Å²) < 4.78 is 0. The summed E-state index contributed by atoms with van der Waals surface area (Å²) in [6, 6.07) is 2.78. The van der Waals surface area contributed by atoms with E-state index in [1.165, 1.54) is 18.4 Å². The Morgan fingerprint density at radius 1 is 1.30 bits per heavy atom. The van der Waals surface area contributed by atoms with Crippen molar-refractivity contribution in [3.05, 3.63) is 22.8 Å². The van der Waals surface area contributed by atoms with Crippen molar-refractivity contribution in [1.82, 2.24) is 15.2 Å². The number of aromatic nitrogens is 1. The summed E-state index contributed by atoms with van der Waals surface area (Å²) in [7, 11) is 0. The number of hydrogen-bond donors (Lipinski definition) is 1. The smallest absolute Gasteiger partial charge is 0.147 e. The van der Waals surface area contributed by atoms with Crippen molar-refractivity contribution >= 4 is 17.4 Å². The Kier molecular flexibility index (Phi) is 4.44. The van der Waals surface area contributed by atoms with Crippen molar-refractivity contribution in [2.24, 2.45) is 0 Å². The Bertz CT molecular complexity index is 453. The van der Waals surface area contributed by atoms with Gasteiger partial charge in [-0.25, -0.2) is 4.98 Å². The molecule has 2 heterocycles. The zero-order valence-electron chi connectivity index (χ0n) is 12.1. The molecule has 0 amide bonds. The predicted molar refractivity (Wildman–Crippen MR) is 83.4 cm³/mol. The van der Waals surface area contributed by atoms with Gasteiger partial charge < -0.3 is 15.1 Å². The maximum absolute atomic E-state index is 6.42. The normalized spacial score (nSPS) is 20.4. The topological polar surface area (TPSA) is 31.4 Å². The average molecular weight is 295 g/mol. The zero-order chi connectivity index (χ0) is 13.9. The lowest BCUT2D eigenvalue weighted by Gasteiger charge is -2.35. The number of nitrogens with zero attached hydrogens (tertiary/aromatic N) is 3. The van der Waals surface area contributed by atoms with Gasteiger partial charge in [-0.1, -0.05) is 18.5 Å². The van der Waals surface area contributed by atoms with E-state index < -0.39 is 0 Å². The van der Waals surface area contributed by atoms with Crippen molar-refractivity contribution in [3.63, 3.8) is 0 Å². The van der Waals surface area contributed by atoms with Gasteiger partial charge in [0.15, 0.2) is 0 Å². The van der Waals surface area contributed by atoms with Crippen molar-refractivity contribution in [1.29, 1.82) is 0 Å². The van der Waals surface area contributed by atoms with E-state index in [2.05, 4.69) is 33.1 Å². The third kappa shape index (κ3) is 3.43. The highest BCUT2D eigenvalue weighted by Gasteiger charge is 2.21. The minimum Gasteiger partial charge on any atom is -0.353 e. The summed E-state index contributed by atoms with van der Waals surface area (Å²) in [6.45, 7) is 8.43. The number of hydrogen-bond acceptors (Lipinski definition) is 4. The lowest BCUT2D eigenvalue weighted by Crippen LogP contribution is -2.46. The van der Waals surface area contributed by atoms with Gasteiger partial charge in [0.05, 0.1) is 5.02 Å². The van der Waals surface area contributed by atoms with Crippen LogP contribution in [-0.2, 0) is 6.54 Å². The molecular formula is C15H23ClN4. The molecule has 3 rings (SSSR count). The number of rotatable bonds is 5. The molecule has 0 atom stereocenters. The summed E-state index contributed by atoms with van der Waals surface area (Å²) in [5, 5.41) is 4.28. The molecule has 0 radical (unpaired) electrons. The fourth-order valence-electron chi connectivity index (χ4n) is 2.63. The molecule has 0 bridgehead atoms. The maximum Gasteiger partial charge on any atom is 0.147 e. The van der Waals surface area contributed by atoms with Gasteiger partial charge in [0.2, 0.25) is 0 Å². The molecule has 1 saturated carbocycles. The van der Waals surface area contributed by atoms with Gasteiger partial charge in [-0.15, -0.1) is 0 Å². The van der Waals surface area contributed by atoms with Gasteiger partial charge in [-0.3, -0.25) is 0 Å². The largest absolute Gasteiger partial charge is 0.353 e. The predicted octanol–water partition coefficient (Wildman–Crippen LogP) is 2.13. The minimum absolute atomic E-state index is 0.718. The monoisotopic (exact) mass is 294 g/mol. The number of halogens is 1. The standard InChI is InChI=1S/C15H23ClN4/c1-2-19-5-7-20(8-6-19)15-14(16)9-12(11-18-15)10-17-13-3-4-13/h9,11,13,17H,2-8,10H2,1H3. The first-order valence-electron chi connectivity index (χ1n) is 7.61. The van der Waals surface area contributed by atoms with Gasteiger partial charge in [0.1, 0.15) is 5.82 Å². The fourth-order valence-corrected chi connectivity index (χ4v) is 2.93. The molecule has 1 saturated heterocycles. The van der Waals surface area contributed by atoms with Crippen LogP contribution in [0.15, 0.2) is 12.3 Å². The van der Waals surface area contributed by atoms with E-state index in [0.717, 1.165) is 56.2 Å². The Balaban J connectivity index is 1.61. The number of anilines is 1. The Morgan fingerprint density at radius 2 is 2.05 bits per heavy atom. The molecule has 1 aromatic heterocycles. The van der Waals surface area contributed by atoms with E-state index in [1.54, 1.807) is 0 Å². The van der Waals surface area contributed by atoms with Crippen LogP contribution in [-0.4, -0.2) is 48.6 Å². The molecule has 1 aromatic rings. The lowest BCUT2D eigenvalue weighted by molar-refractivity contribution is 0.270. The van der Waals surface area contributed by atoms with Gasteiger partial charge in [0.25, 0.3) is 0 Å². The molecule has 2 fully saturated rings. The van der Waals surface area contributed by atoms with Crippen LogP contribution in [0.5, 0.6) is 0 Å². The Hall–Kier alpha value is -0.840. The molecule has 2 aliphatic rings. The molecule has 1 aliphatic carbocycles. The van der Waals surface area contributed by atoms with Gasteiger partial charge in [0, 0.05) is 45.0 Å². The number of nitrogens with one attached hydrogen (secondary N) is 1. The van der Waals surface area contributed by atoms with Gasteiger partial charge in [-0.2, -0.15) is 0 Å². The van der Waals surface area contributed by atoms with E-state index in [9.17, 15) is 0 Å². The molecule has 1 aliphatic heterocycles. The van der Waals surface area contributed by atoms with E-state index in [1.807, 2.05) is 6.20 Å². The fraction of sp³-hybridized carbons (Fsp3) is 0.667. The average Bonchev–Trinajstić information content (AvgIpc) is 3.30. The molecule has 0 unspecified atom stereocenters. The summed E-state index contributed by atoms with van der Waals surface area (Å²) >= 11 is 6.42. The zero-order valence-corrected chi connectivity index (χ0v) is 12.9. The van der Waals surface area contributed by atoms with Crippen LogP contribution in [0.25, 0.3) is 0 Å². The highest BCUT2D eigenvalue weighted by molar-refractivity contribution is 6.33. The molecule has 1 N–H and O–H groups in total. The quantitative estimate of drug-likeness (QED) is 0.901. The summed E-state index contributed by atoms with van der Waals surface area (Å²) in [6.07, 6.45) is 4.57. The molecule has 5 heteroatoms. The molecule has 4 nitrogen and oxygen atoms in total. The van der Waals surface area contributed by atoms with Crippen LogP contribution in [0.1, 0.15) is 25.3 Å². The third-order valence-corrected chi connectivity index (χ3v) is 4.45. The minimum atomic E-state index is 0.718. The first-order valence-corrected chi connectivity index (χ1v) is 7.99. The van der Waals surface area contributed by atoms with Crippen molar-refractivity contribution in [2.75, 3.05) is 37.6 Å². The number of pyridine rings is 1. The van der Waals surface area contributed by atoms with Crippen molar-refractivity contribution in [2.45, 2.75) is 32.4 Å². The van der Waals surface area contributed by atoms with Crippen LogP contribution in [0, 0.1) is 0 Å². The number of piperazine rings is 1. The lowest BCUT2D eigenvalue weighted by atomic mass is 10.2. The molecule has 20 heavy (non-hydrogen) atoms. The molecule has 0 spiro atoms. The van der Waals surface area contributed by atoms with Gasteiger partial charge >= 0.3 is 0 Å². The van der Waals surface area contributed by atoms with Crippen molar-refractivity contribution in [3.8, 4) is 0 Å².